The van der Waals surface area contributed by atoms with Gasteiger partial charge in [0.15, 0.2) is 0 Å². The van der Waals surface area contributed by atoms with Crippen LogP contribution in [0.4, 0.5) is 0 Å². The van der Waals surface area contributed by atoms with Crippen LogP contribution in [0.3, 0.4) is 0 Å². The predicted octanol–water partition coefficient (Wildman–Crippen LogP) is 5.82. The molecule has 0 saturated carbocycles. The lowest BCUT2D eigenvalue weighted by atomic mass is 10.1. The first kappa shape index (κ1) is 20.3. The van der Waals surface area contributed by atoms with Crippen molar-refractivity contribution in [2.75, 3.05) is 13.1 Å². The van der Waals surface area contributed by atoms with Crippen molar-refractivity contribution in [1.29, 1.82) is 0 Å². The van der Waals surface area contributed by atoms with Gasteiger partial charge >= 0.3 is 0 Å². The van der Waals surface area contributed by atoms with Crippen LogP contribution in [0.2, 0.25) is 10.0 Å². The summed E-state index contributed by atoms with van der Waals surface area (Å²) in [5.74, 6) is 0. The van der Waals surface area contributed by atoms with Crippen LogP contribution in [0.1, 0.15) is 43.2 Å². The van der Waals surface area contributed by atoms with Crippen LogP contribution in [-0.2, 0) is 13.1 Å². The summed E-state index contributed by atoms with van der Waals surface area (Å²) in [6, 6.07) is 16.0. The van der Waals surface area contributed by atoms with Gasteiger partial charge in [-0.1, -0.05) is 78.9 Å². The van der Waals surface area contributed by atoms with Gasteiger partial charge in [-0.15, -0.1) is 0 Å². The smallest absolute Gasteiger partial charge is 0.0450 e. The Morgan fingerprint density at radius 2 is 0.960 bits per heavy atom. The van der Waals surface area contributed by atoms with Gasteiger partial charge in [-0.2, -0.15) is 0 Å². The first-order valence-corrected chi connectivity index (χ1v) is 9.91. The molecule has 2 nitrogen and oxygen atoms in total. The van der Waals surface area contributed by atoms with Gasteiger partial charge in [0.1, 0.15) is 0 Å². The Balaban J connectivity index is 1.40. The third-order valence-electron chi connectivity index (χ3n) is 4.25. The van der Waals surface area contributed by atoms with E-state index in [-0.39, 0.29) is 0 Å². The number of benzene rings is 2. The zero-order valence-corrected chi connectivity index (χ0v) is 16.3. The molecule has 4 heteroatoms. The molecule has 2 aromatic rings. The van der Waals surface area contributed by atoms with Gasteiger partial charge in [-0.3, -0.25) is 0 Å². The van der Waals surface area contributed by atoms with Gasteiger partial charge in [0.2, 0.25) is 0 Å². The second-order valence-corrected chi connectivity index (χ2v) is 7.12. The van der Waals surface area contributed by atoms with Crippen molar-refractivity contribution in [2.24, 2.45) is 0 Å². The molecule has 0 amide bonds. The summed E-state index contributed by atoms with van der Waals surface area (Å²) in [5.41, 5.74) is 2.35. The lowest BCUT2D eigenvalue weighted by molar-refractivity contribution is 0.556. The molecule has 2 rings (SSSR count). The van der Waals surface area contributed by atoms with E-state index < -0.39 is 0 Å². The van der Waals surface area contributed by atoms with Crippen LogP contribution in [0.15, 0.2) is 48.5 Å². The molecule has 0 saturated heterocycles. The van der Waals surface area contributed by atoms with Crippen molar-refractivity contribution in [3.8, 4) is 0 Å². The molecule has 0 aliphatic heterocycles. The summed E-state index contributed by atoms with van der Waals surface area (Å²) >= 11 is 12.3. The second kappa shape index (κ2) is 12.3. The van der Waals surface area contributed by atoms with Crippen molar-refractivity contribution < 1.29 is 0 Å². The van der Waals surface area contributed by atoms with Crippen LogP contribution >= 0.6 is 23.2 Å². The lowest BCUT2D eigenvalue weighted by Crippen LogP contribution is -2.15. The molecule has 2 aromatic carbocycles. The van der Waals surface area contributed by atoms with Gasteiger partial charge < -0.3 is 10.6 Å². The number of hydrogen-bond acceptors (Lipinski definition) is 2. The van der Waals surface area contributed by atoms with E-state index in [1.165, 1.54) is 43.2 Å². The fourth-order valence-electron chi connectivity index (χ4n) is 2.76. The maximum atomic E-state index is 6.14. The van der Waals surface area contributed by atoms with E-state index in [1.807, 2.05) is 36.4 Å². The minimum atomic E-state index is 0.847. The Morgan fingerprint density at radius 3 is 1.40 bits per heavy atom. The van der Waals surface area contributed by atoms with Crippen molar-refractivity contribution in [1.82, 2.24) is 10.6 Å². The highest BCUT2D eigenvalue weighted by Gasteiger charge is 1.99. The number of hydrogen-bond donors (Lipinski definition) is 2. The minimum Gasteiger partial charge on any atom is -0.313 e. The second-order valence-electron chi connectivity index (χ2n) is 6.30. The molecular formula is C21H28Cl2N2. The minimum absolute atomic E-state index is 0.847. The van der Waals surface area contributed by atoms with Crippen molar-refractivity contribution >= 4 is 23.2 Å². The van der Waals surface area contributed by atoms with E-state index in [0.29, 0.717) is 0 Å². The Morgan fingerprint density at radius 1 is 0.560 bits per heavy atom. The zero-order chi connectivity index (χ0) is 17.7. The summed E-state index contributed by atoms with van der Waals surface area (Å²) in [4.78, 5) is 0. The number of nitrogens with one attached hydrogen (secondary N) is 2. The summed E-state index contributed by atoms with van der Waals surface area (Å²) in [6.07, 6.45) is 6.29. The molecule has 0 spiro atoms. The lowest BCUT2D eigenvalue weighted by Gasteiger charge is -2.07. The van der Waals surface area contributed by atoms with Gasteiger partial charge in [0, 0.05) is 23.1 Å². The average molecular weight is 379 g/mol. The molecule has 0 bridgehead atoms. The van der Waals surface area contributed by atoms with E-state index in [0.717, 1.165) is 36.2 Å². The third-order valence-corrected chi connectivity index (χ3v) is 4.99. The van der Waals surface area contributed by atoms with Crippen LogP contribution < -0.4 is 10.6 Å². The quantitative estimate of drug-likeness (QED) is 0.454. The molecule has 0 radical (unpaired) electrons. The molecule has 25 heavy (non-hydrogen) atoms. The van der Waals surface area contributed by atoms with Crippen molar-refractivity contribution in [3.63, 3.8) is 0 Å². The highest BCUT2D eigenvalue weighted by molar-refractivity contribution is 6.31. The first-order valence-electron chi connectivity index (χ1n) is 9.15. The molecule has 0 aliphatic carbocycles. The summed E-state index contributed by atoms with van der Waals surface area (Å²) < 4.78 is 0. The topological polar surface area (TPSA) is 24.1 Å². The monoisotopic (exact) mass is 378 g/mol. The molecule has 0 aliphatic rings. The molecule has 0 fully saturated rings. The average Bonchev–Trinajstić information content (AvgIpc) is 2.62. The summed E-state index contributed by atoms with van der Waals surface area (Å²) in [6.45, 7) is 3.81. The van der Waals surface area contributed by atoms with Crippen molar-refractivity contribution in [3.05, 3.63) is 69.7 Å². The standard InChI is InChI=1S/C21H28Cl2N2/c22-20-12-6-4-10-18(20)16-24-14-8-2-1-3-9-15-25-17-19-11-5-7-13-21(19)23/h4-7,10-13,24-25H,1-3,8-9,14-17H2. The first-order chi connectivity index (χ1) is 12.3. The SMILES string of the molecule is Clc1ccccc1CNCCCCCCCNCc1ccccc1Cl. The molecular weight excluding hydrogens is 351 g/mol. The summed E-state index contributed by atoms with van der Waals surface area (Å²) in [7, 11) is 0. The van der Waals surface area contributed by atoms with E-state index in [1.54, 1.807) is 0 Å². The van der Waals surface area contributed by atoms with Gasteiger partial charge in [-0.05, 0) is 49.2 Å². The van der Waals surface area contributed by atoms with Gasteiger partial charge in [-0.25, -0.2) is 0 Å². The maximum Gasteiger partial charge on any atom is 0.0450 e. The molecule has 0 unspecified atom stereocenters. The Hall–Kier alpha value is -1.06. The fraction of sp³-hybridized carbons (Fsp3) is 0.429. The van der Waals surface area contributed by atoms with Crippen LogP contribution in [0.5, 0.6) is 0 Å². The highest BCUT2D eigenvalue weighted by Crippen LogP contribution is 2.15. The highest BCUT2D eigenvalue weighted by atomic mass is 35.5. The van der Waals surface area contributed by atoms with Gasteiger partial charge in [0.05, 0.1) is 0 Å². The predicted molar refractivity (Wildman–Crippen MR) is 109 cm³/mol. The number of rotatable bonds is 12. The molecule has 136 valence electrons. The molecule has 0 aromatic heterocycles. The largest absolute Gasteiger partial charge is 0.313 e. The van der Waals surface area contributed by atoms with E-state index >= 15 is 0 Å². The van der Waals surface area contributed by atoms with Crippen molar-refractivity contribution in [2.45, 2.75) is 45.2 Å². The number of unbranched alkanes of at least 4 members (excludes halogenated alkanes) is 4. The normalized spacial score (nSPS) is 11.0. The Labute approximate surface area is 161 Å². The van der Waals surface area contributed by atoms with Crippen LogP contribution in [0.25, 0.3) is 0 Å². The van der Waals surface area contributed by atoms with Gasteiger partial charge in [0.25, 0.3) is 0 Å². The van der Waals surface area contributed by atoms with E-state index in [2.05, 4.69) is 22.8 Å². The molecule has 2 N–H and O–H groups in total. The maximum absolute atomic E-state index is 6.14. The third kappa shape index (κ3) is 8.24. The fourth-order valence-corrected chi connectivity index (χ4v) is 3.17. The Bertz CT molecular complexity index is 563. The Kier molecular flexibility index (Phi) is 9.98. The van der Waals surface area contributed by atoms with Crippen LogP contribution in [-0.4, -0.2) is 13.1 Å². The van der Waals surface area contributed by atoms with Crippen LogP contribution in [0, 0.1) is 0 Å². The molecule has 0 atom stereocenters. The van der Waals surface area contributed by atoms with E-state index in [9.17, 15) is 0 Å². The van der Waals surface area contributed by atoms with E-state index in [4.69, 9.17) is 23.2 Å². The summed E-state index contributed by atoms with van der Waals surface area (Å²) in [5, 5.41) is 8.63. The zero-order valence-electron chi connectivity index (χ0n) is 14.7. The number of halogens is 2. The molecule has 0 heterocycles.